The minimum atomic E-state index is 0.479. The summed E-state index contributed by atoms with van der Waals surface area (Å²) in [5.41, 5.74) is 2.81. The molecule has 11 heavy (non-hydrogen) atoms. The Hall–Kier alpha value is -0.890. The van der Waals surface area contributed by atoms with Crippen LogP contribution in [0, 0.1) is 0 Å². The predicted molar refractivity (Wildman–Crippen MR) is 44.4 cm³/mol. The molecule has 0 bridgehead atoms. The van der Waals surface area contributed by atoms with Crippen molar-refractivity contribution in [3.8, 4) is 0 Å². The second kappa shape index (κ2) is 2.62. The summed E-state index contributed by atoms with van der Waals surface area (Å²) in [6.07, 6.45) is 4.98. The fraction of sp³-hybridized carbons (Fsp3) is 0.444. The number of aromatic nitrogens is 1. The van der Waals surface area contributed by atoms with Crippen LogP contribution in [0.25, 0.3) is 0 Å². The second-order valence-electron chi connectivity index (χ2n) is 3.00. The van der Waals surface area contributed by atoms with E-state index < -0.39 is 0 Å². The molecule has 1 unspecified atom stereocenters. The van der Waals surface area contributed by atoms with Crippen LogP contribution in [-0.4, -0.2) is 11.5 Å². The van der Waals surface area contributed by atoms with Gasteiger partial charge in [0.15, 0.2) is 0 Å². The first-order chi connectivity index (χ1) is 5.38. The van der Waals surface area contributed by atoms with Crippen LogP contribution in [0.3, 0.4) is 0 Å². The molecule has 0 amide bonds. The van der Waals surface area contributed by atoms with Crippen LogP contribution in [-0.2, 0) is 6.42 Å². The lowest BCUT2D eigenvalue weighted by Crippen LogP contribution is -2.27. The molecule has 0 saturated heterocycles. The summed E-state index contributed by atoms with van der Waals surface area (Å²) in [5.74, 6) is 0. The average molecular weight is 148 g/mol. The van der Waals surface area contributed by atoms with Crippen LogP contribution < -0.4 is 5.32 Å². The SMILES string of the molecule is CC1NCCc2ccncc21. The highest BCUT2D eigenvalue weighted by molar-refractivity contribution is 5.28. The molecule has 2 nitrogen and oxygen atoms in total. The molecular formula is C9H12N2. The Morgan fingerprint density at radius 2 is 2.55 bits per heavy atom. The normalized spacial score (nSPS) is 22.8. The van der Waals surface area contributed by atoms with Crippen LogP contribution in [0.5, 0.6) is 0 Å². The number of nitrogens with zero attached hydrogens (tertiary/aromatic N) is 1. The van der Waals surface area contributed by atoms with Crippen molar-refractivity contribution in [1.82, 2.24) is 10.3 Å². The van der Waals surface area contributed by atoms with Gasteiger partial charge in [-0.1, -0.05) is 0 Å². The second-order valence-corrected chi connectivity index (χ2v) is 3.00. The van der Waals surface area contributed by atoms with Gasteiger partial charge in [0.1, 0.15) is 0 Å². The standard InChI is InChI=1S/C9H12N2/c1-7-9-6-10-4-2-8(9)3-5-11-7/h2,4,6-7,11H,3,5H2,1H3. The van der Waals surface area contributed by atoms with Crippen molar-refractivity contribution in [2.75, 3.05) is 6.54 Å². The van der Waals surface area contributed by atoms with Crippen LogP contribution >= 0.6 is 0 Å². The minimum absolute atomic E-state index is 0.479. The van der Waals surface area contributed by atoms with Gasteiger partial charge in [-0.2, -0.15) is 0 Å². The van der Waals surface area contributed by atoms with Gasteiger partial charge in [0.25, 0.3) is 0 Å². The van der Waals surface area contributed by atoms with Gasteiger partial charge in [-0.15, -0.1) is 0 Å². The van der Waals surface area contributed by atoms with E-state index in [0.717, 1.165) is 13.0 Å². The highest BCUT2D eigenvalue weighted by Gasteiger charge is 2.14. The molecule has 1 aliphatic heterocycles. The van der Waals surface area contributed by atoms with Crippen molar-refractivity contribution < 1.29 is 0 Å². The maximum Gasteiger partial charge on any atom is 0.0318 e. The van der Waals surface area contributed by atoms with E-state index in [0.29, 0.717) is 6.04 Å². The van der Waals surface area contributed by atoms with E-state index in [4.69, 9.17) is 0 Å². The highest BCUT2D eigenvalue weighted by Crippen LogP contribution is 2.20. The molecule has 0 radical (unpaired) electrons. The molecule has 1 aromatic rings. The molecule has 2 rings (SSSR count). The molecule has 1 aliphatic rings. The predicted octanol–water partition coefficient (Wildman–Crippen LogP) is 1.29. The van der Waals surface area contributed by atoms with Crippen molar-refractivity contribution >= 4 is 0 Å². The molecule has 0 spiro atoms. The number of hydrogen-bond donors (Lipinski definition) is 1. The van der Waals surface area contributed by atoms with E-state index in [1.807, 2.05) is 12.4 Å². The van der Waals surface area contributed by atoms with Crippen LogP contribution in [0.2, 0.25) is 0 Å². The lowest BCUT2D eigenvalue weighted by Gasteiger charge is -2.22. The fourth-order valence-corrected chi connectivity index (χ4v) is 1.59. The molecule has 0 saturated carbocycles. The number of fused-ring (bicyclic) bond motifs is 1. The van der Waals surface area contributed by atoms with Crippen LogP contribution in [0.1, 0.15) is 24.1 Å². The quantitative estimate of drug-likeness (QED) is 0.599. The van der Waals surface area contributed by atoms with E-state index >= 15 is 0 Å². The zero-order valence-corrected chi connectivity index (χ0v) is 6.67. The van der Waals surface area contributed by atoms with Gasteiger partial charge >= 0.3 is 0 Å². The Morgan fingerprint density at radius 1 is 1.64 bits per heavy atom. The van der Waals surface area contributed by atoms with Crippen LogP contribution in [0.4, 0.5) is 0 Å². The summed E-state index contributed by atoms with van der Waals surface area (Å²) >= 11 is 0. The van der Waals surface area contributed by atoms with Crippen molar-refractivity contribution in [2.24, 2.45) is 0 Å². The summed E-state index contributed by atoms with van der Waals surface area (Å²) < 4.78 is 0. The molecule has 1 N–H and O–H groups in total. The van der Waals surface area contributed by atoms with Crippen molar-refractivity contribution in [3.05, 3.63) is 29.6 Å². The largest absolute Gasteiger partial charge is 0.310 e. The van der Waals surface area contributed by atoms with Gasteiger partial charge < -0.3 is 5.32 Å². The lowest BCUT2D eigenvalue weighted by molar-refractivity contribution is 0.539. The summed E-state index contributed by atoms with van der Waals surface area (Å²) in [6, 6.07) is 2.60. The number of rotatable bonds is 0. The van der Waals surface area contributed by atoms with Crippen molar-refractivity contribution in [2.45, 2.75) is 19.4 Å². The Bertz CT molecular complexity index is 257. The van der Waals surface area contributed by atoms with Gasteiger partial charge in [-0.25, -0.2) is 0 Å². The summed E-state index contributed by atoms with van der Waals surface area (Å²) in [5, 5.41) is 3.40. The van der Waals surface area contributed by atoms with Crippen molar-refractivity contribution in [1.29, 1.82) is 0 Å². The maximum atomic E-state index is 4.11. The number of hydrogen-bond acceptors (Lipinski definition) is 2. The smallest absolute Gasteiger partial charge is 0.0318 e. The van der Waals surface area contributed by atoms with Crippen LogP contribution in [0.15, 0.2) is 18.5 Å². The molecule has 0 aliphatic carbocycles. The number of nitrogens with one attached hydrogen (secondary N) is 1. The molecule has 1 aromatic heterocycles. The summed E-state index contributed by atoms with van der Waals surface area (Å²) in [4.78, 5) is 4.11. The molecule has 1 atom stereocenters. The van der Waals surface area contributed by atoms with Gasteiger partial charge in [0.05, 0.1) is 0 Å². The van der Waals surface area contributed by atoms with Gasteiger partial charge in [0.2, 0.25) is 0 Å². The zero-order valence-electron chi connectivity index (χ0n) is 6.67. The van der Waals surface area contributed by atoms with E-state index in [9.17, 15) is 0 Å². The Kier molecular flexibility index (Phi) is 1.62. The monoisotopic (exact) mass is 148 g/mol. The highest BCUT2D eigenvalue weighted by atomic mass is 14.9. The number of pyridine rings is 1. The molecule has 58 valence electrons. The Labute approximate surface area is 66.7 Å². The molecule has 2 heteroatoms. The first kappa shape index (κ1) is 6.80. The molecule has 0 fully saturated rings. The van der Waals surface area contributed by atoms with E-state index in [-0.39, 0.29) is 0 Å². The van der Waals surface area contributed by atoms with E-state index in [1.165, 1.54) is 11.1 Å². The van der Waals surface area contributed by atoms with Gasteiger partial charge in [0, 0.05) is 18.4 Å². The third-order valence-electron chi connectivity index (χ3n) is 2.26. The third kappa shape index (κ3) is 1.14. The van der Waals surface area contributed by atoms with E-state index in [1.54, 1.807) is 0 Å². The van der Waals surface area contributed by atoms with Crippen molar-refractivity contribution in [3.63, 3.8) is 0 Å². The maximum absolute atomic E-state index is 4.11. The van der Waals surface area contributed by atoms with Gasteiger partial charge in [-0.05, 0) is 37.1 Å². The third-order valence-corrected chi connectivity index (χ3v) is 2.26. The first-order valence-corrected chi connectivity index (χ1v) is 4.04. The average Bonchev–Trinajstić information content (AvgIpc) is 2.06. The molecule has 0 aromatic carbocycles. The van der Waals surface area contributed by atoms with Gasteiger partial charge in [-0.3, -0.25) is 4.98 Å². The summed E-state index contributed by atoms with van der Waals surface area (Å²) in [6.45, 7) is 3.28. The lowest BCUT2D eigenvalue weighted by atomic mass is 9.98. The fourth-order valence-electron chi connectivity index (χ4n) is 1.59. The Balaban J connectivity index is 2.44. The zero-order chi connectivity index (χ0) is 7.68. The summed E-state index contributed by atoms with van der Waals surface area (Å²) in [7, 11) is 0. The first-order valence-electron chi connectivity index (χ1n) is 4.04. The molecule has 2 heterocycles. The van der Waals surface area contributed by atoms with E-state index in [2.05, 4.69) is 23.3 Å². The topological polar surface area (TPSA) is 24.9 Å². The Morgan fingerprint density at radius 3 is 3.36 bits per heavy atom. The minimum Gasteiger partial charge on any atom is -0.310 e. The molecular weight excluding hydrogens is 136 g/mol.